The van der Waals surface area contributed by atoms with E-state index in [2.05, 4.69) is 200 Å². The van der Waals surface area contributed by atoms with Crippen LogP contribution in [0.3, 0.4) is 0 Å². The highest BCUT2D eigenvalue weighted by atomic mass is 16.3. The molecule has 0 aliphatic heterocycles. The number of furan rings is 1. The Labute approximate surface area is 373 Å². The summed E-state index contributed by atoms with van der Waals surface area (Å²) in [4.78, 5) is 2.57. The second-order valence-electron chi connectivity index (χ2n) is 19.6. The van der Waals surface area contributed by atoms with Crippen LogP contribution in [0.25, 0.3) is 77.2 Å². The largest absolute Gasteiger partial charge is 0.456 e. The number of anilines is 3. The summed E-state index contributed by atoms with van der Waals surface area (Å²) in [6, 6.07) is 72.8. The van der Waals surface area contributed by atoms with Crippen LogP contribution in [0.15, 0.2) is 199 Å². The van der Waals surface area contributed by atoms with Crippen LogP contribution >= 0.6 is 0 Å². The fraction of sp³-hybridized carbons (Fsp3) is 0.161. The summed E-state index contributed by atoms with van der Waals surface area (Å²) in [5, 5.41) is 4.82. The Morgan fingerprint density at radius 3 is 1.95 bits per heavy atom. The average molecular weight is 820 g/mol. The zero-order chi connectivity index (χ0) is 41.9. The van der Waals surface area contributed by atoms with E-state index in [9.17, 15) is 0 Å². The molecule has 0 saturated heterocycles. The fourth-order valence-corrected chi connectivity index (χ4v) is 14.7. The lowest BCUT2D eigenvalue weighted by Gasteiger charge is -2.92. The summed E-state index contributed by atoms with van der Waals surface area (Å²) >= 11 is 0. The molecule has 9 aromatic carbocycles. The first-order valence-corrected chi connectivity index (χ1v) is 23.3. The van der Waals surface area contributed by atoms with Gasteiger partial charge in [-0.05, 0) is 170 Å². The van der Waals surface area contributed by atoms with Crippen LogP contribution in [-0.4, -0.2) is 0 Å². The van der Waals surface area contributed by atoms with Crippen molar-refractivity contribution in [1.29, 1.82) is 0 Å². The first kappa shape index (κ1) is 35.3. The van der Waals surface area contributed by atoms with Crippen LogP contribution in [-0.2, 0) is 5.41 Å². The number of fused-ring (bicyclic) bond motifs is 11. The number of hydrogen-bond acceptors (Lipinski definition) is 2. The van der Waals surface area contributed by atoms with Gasteiger partial charge in [-0.3, -0.25) is 0 Å². The molecule has 1 heterocycles. The molecule has 304 valence electrons. The third-order valence-electron chi connectivity index (χ3n) is 17.2. The van der Waals surface area contributed by atoms with Gasteiger partial charge in [0.2, 0.25) is 0 Å². The van der Waals surface area contributed by atoms with Crippen molar-refractivity contribution in [2.45, 2.75) is 31.6 Å². The van der Waals surface area contributed by atoms with Crippen molar-refractivity contribution < 1.29 is 4.42 Å². The van der Waals surface area contributed by atoms with Crippen LogP contribution in [0, 0.1) is 36.0 Å². The van der Waals surface area contributed by atoms with Gasteiger partial charge >= 0.3 is 0 Å². The van der Waals surface area contributed by atoms with E-state index in [-0.39, 0.29) is 5.41 Å². The molecule has 4 fully saturated rings. The van der Waals surface area contributed by atoms with Gasteiger partial charge in [0.1, 0.15) is 11.2 Å². The van der Waals surface area contributed by atoms with Crippen molar-refractivity contribution in [2.24, 2.45) is 29.1 Å². The topological polar surface area (TPSA) is 16.4 Å². The van der Waals surface area contributed by atoms with Gasteiger partial charge in [-0.25, -0.2) is 0 Å². The van der Waals surface area contributed by atoms with Gasteiger partial charge in [0, 0.05) is 33.1 Å². The molecule has 2 nitrogen and oxygen atoms in total. The fourth-order valence-electron chi connectivity index (χ4n) is 14.7. The molecule has 10 aromatic rings. The van der Waals surface area contributed by atoms with E-state index in [4.69, 9.17) is 4.42 Å². The molecule has 0 radical (unpaired) electrons. The van der Waals surface area contributed by atoms with E-state index in [1.165, 1.54) is 91.5 Å². The highest BCUT2D eigenvalue weighted by molar-refractivity contribution is 6.09. The highest BCUT2D eigenvalue weighted by Crippen LogP contribution is 2.94. The van der Waals surface area contributed by atoms with Crippen LogP contribution < -0.4 is 4.90 Å². The van der Waals surface area contributed by atoms with Crippen LogP contribution in [0.4, 0.5) is 17.1 Å². The maximum atomic E-state index is 6.22. The Hall–Kier alpha value is -7.16. The molecule has 1 aromatic heterocycles. The van der Waals surface area contributed by atoms with Gasteiger partial charge in [-0.15, -0.1) is 0 Å². The smallest absolute Gasteiger partial charge is 0.135 e. The minimum Gasteiger partial charge on any atom is -0.456 e. The van der Waals surface area contributed by atoms with E-state index >= 15 is 0 Å². The van der Waals surface area contributed by atoms with Crippen molar-refractivity contribution in [1.82, 2.24) is 0 Å². The van der Waals surface area contributed by atoms with E-state index < -0.39 is 0 Å². The Morgan fingerprint density at radius 2 is 1.12 bits per heavy atom. The van der Waals surface area contributed by atoms with Crippen molar-refractivity contribution in [2.75, 3.05) is 4.90 Å². The lowest BCUT2D eigenvalue weighted by molar-refractivity contribution is -0.412. The van der Waals surface area contributed by atoms with Crippen LogP contribution in [0.5, 0.6) is 0 Å². The van der Waals surface area contributed by atoms with Crippen LogP contribution in [0.1, 0.15) is 36.0 Å². The average Bonchev–Trinajstić information content (AvgIpc) is 3.84. The number of para-hydroxylation sites is 1. The maximum Gasteiger partial charge on any atom is 0.135 e. The SMILES string of the molecule is Cc1ccc(-c2cccc3cccc(-c4ccccc4)c23)c(N(c2ccc(-c3ccc4oc5ccccc5c4c3)cc2)c2ccc3c(c2)C2(c4ccccc4-3)C3CC4CC5CC2C453)c1. The number of nitrogens with zero attached hydrogens (tertiary/aromatic N) is 1. The minimum atomic E-state index is 0.121. The summed E-state index contributed by atoms with van der Waals surface area (Å²) in [5.74, 6) is 3.45. The first-order chi connectivity index (χ1) is 31.6. The third-order valence-corrected chi connectivity index (χ3v) is 17.2. The Kier molecular flexibility index (Phi) is 6.91. The number of rotatable bonds is 6. The summed E-state index contributed by atoms with van der Waals surface area (Å²) in [5.41, 5.74) is 20.8. The number of hydrogen-bond donors (Lipinski definition) is 0. The summed E-state index contributed by atoms with van der Waals surface area (Å²) < 4.78 is 6.22. The highest BCUT2D eigenvalue weighted by Gasteiger charge is 2.90. The van der Waals surface area contributed by atoms with Crippen molar-refractivity contribution in [3.8, 4) is 44.5 Å². The van der Waals surface area contributed by atoms with Gasteiger partial charge in [0.05, 0.1) is 5.69 Å². The zero-order valence-corrected chi connectivity index (χ0v) is 35.8. The minimum absolute atomic E-state index is 0.121. The molecule has 5 aliphatic carbocycles. The van der Waals surface area contributed by atoms with Gasteiger partial charge in [-0.2, -0.15) is 0 Å². The van der Waals surface area contributed by atoms with Gasteiger partial charge in [0.25, 0.3) is 0 Å². The lowest BCUT2D eigenvalue weighted by Crippen LogP contribution is -2.88. The van der Waals surface area contributed by atoms with E-state index in [1.54, 1.807) is 11.1 Å². The molecule has 15 rings (SSSR count). The second-order valence-corrected chi connectivity index (χ2v) is 19.6. The molecule has 64 heavy (non-hydrogen) atoms. The Morgan fingerprint density at radius 1 is 0.453 bits per heavy atom. The van der Waals surface area contributed by atoms with E-state index in [0.29, 0.717) is 5.41 Å². The number of aryl methyl sites for hydroxylation is 1. The Balaban J connectivity index is 0.939. The summed E-state index contributed by atoms with van der Waals surface area (Å²) in [6.45, 7) is 2.24. The molecule has 2 heteroatoms. The first-order valence-electron chi connectivity index (χ1n) is 23.3. The molecule has 4 atom stereocenters. The maximum absolute atomic E-state index is 6.22. The van der Waals surface area contributed by atoms with Gasteiger partial charge < -0.3 is 9.32 Å². The summed E-state index contributed by atoms with van der Waals surface area (Å²) in [6.07, 6.45) is 4.26. The quantitative estimate of drug-likeness (QED) is 0.166. The third kappa shape index (κ3) is 4.32. The van der Waals surface area contributed by atoms with Crippen molar-refractivity contribution in [3.63, 3.8) is 0 Å². The normalized spacial score (nSPS) is 24.0. The summed E-state index contributed by atoms with van der Waals surface area (Å²) in [7, 11) is 0. The van der Waals surface area contributed by atoms with Crippen LogP contribution in [0.2, 0.25) is 0 Å². The molecule has 0 amide bonds. The molecule has 4 unspecified atom stereocenters. The van der Waals surface area contributed by atoms with E-state index in [1.807, 2.05) is 6.07 Å². The lowest BCUT2D eigenvalue weighted by atomic mass is 9.11. The predicted octanol–water partition coefficient (Wildman–Crippen LogP) is 16.5. The van der Waals surface area contributed by atoms with E-state index in [0.717, 1.165) is 51.3 Å². The zero-order valence-electron chi connectivity index (χ0n) is 35.8. The number of benzene rings is 9. The molecule has 0 N–H and O–H groups in total. The van der Waals surface area contributed by atoms with Crippen molar-refractivity contribution >= 4 is 49.8 Å². The van der Waals surface area contributed by atoms with Crippen molar-refractivity contribution in [3.05, 3.63) is 211 Å². The molecule has 4 saturated carbocycles. The van der Waals surface area contributed by atoms with Gasteiger partial charge in [0.15, 0.2) is 0 Å². The molecule has 0 bridgehead atoms. The molecular formula is C62H45NO. The predicted molar refractivity (Wildman–Crippen MR) is 263 cm³/mol. The monoisotopic (exact) mass is 819 g/mol. The molecule has 2 spiro atoms. The van der Waals surface area contributed by atoms with Gasteiger partial charge in [-0.1, -0.05) is 146 Å². The standard InChI is InChI=1S/C62H45NO/c1-37-21-28-49(51-18-10-14-40-13-9-17-46(60(40)51)39-11-3-2-4-12-39)55(31-37)63(44-25-22-38(23-26-44)41-24-30-57-52(32-41)50-16-6-8-20-56(50)64-57)45-27-29-48-47-15-5-7-19-53(47)62(54(48)36-45)58-34-42-33-43-35-59(62)61(42,43)58/h2-32,36,42-43,58-59H,33-35H2,1H3. The second kappa shape index (κ2) is 12.5. The Bertz CT molecular complexity index is 3570. The molecule has 5 aliphatic rings. The molecular weight excluding hydrogens is 775 g/mol.